The highest BCUT2D eigenvalue weighted by Gasteiger charge is 2.21. The van der Waals surface area contributed by atoms with Gasteiger partial charge in [-0.05, 0) is 54.5 Å². The highest BCUT2D eigenvalue weighted by molar-refractivity contribution is 9.10. The predicted octanol–water partition coefficient (Wildman–Crippen LogP) is 2.42. The maximum absolute atomic E-state index is 4.46. The molecule has 1 unspecified atom stereocenters. The fraction of sp³-hybridized carbons (Fsp3) is 0.615. The number of nitrogens with zero attached hydrogens (tertiary/aromatic N) is 2. The van der Waals surface area contributed by atoms with Gasteiger partial charge in [-0.25, -0.2) is 0 Å². The minimum Gasteiger partial charge on any atom is -0.318 e. The molecule has 1 saturated heterocycles. The molecular weight excluding hydrogens is 278 g/mol. The summed E-state index contributed by atoms with van der Waals surface area (Å²) < 4.78 is 1.05. The molecule has 1 N–H and O–H groups in total. The Hall–Kier alpha value is -0.450. The van der Waals surface area contributed by atoms with Gasteiger partial charge in [0.1, 0.15) is 0 Å². The second-order valence-electron chi connectivity index (χ2n) is 4.65. The van der Waals surface area contributed by atoms with Crippen molar-refractivity contribution >= 4 is 15.9 Å². The lowest BCUT2D eigenvalue weighted by Gasteiger charge is -2.35. The molecular formula is C13H20BrN3. The molecule has 0 amide bonds. The highest BCUT2D eigenvalue weighted by Crippen LogP contribution is 2.19. The maximum atomic E-state index is 4.46. The SMILES string of the molecule is CNCC1CCCCN1Cc1ccc(Br)cn1. The quantitative estimate of drug-likeness (QED) is 0.925. The lowest BCUT2D eigenvalue weighted by Crippen LogP contribution is -2.44. The van der Waals surface area contributed by atoms with E-state index in [2.05, 4.69) is 43.3 Å². The standard InChI is InChI=1S/C13H20BrN3/c1-15-9-13-4-2-3-7-17(13)10-12-6-5-11(14)8-16-12/h5-6,8,13,15H,2-4,7,9-10H2,1H3. The van der Waals surface area contributed by atoms with Crippen molar-refractivity contribution in [1.82, 2.24) is 15.2 Å². The average Bonchev–Trinajstić information content (AvgIpc) is 2.35. The molecule has 94 valence electrons. The number of piperidine rings is 1. The number of likely N-dealkylation sites (tertiary alicyclic amines) is 1. The molecule has 1 aromatic rings. The van der Waals surface area contributed by atoms with E-state index >= 15 is 0 Å². The van der Waals surface area contributed by atoms with E-state index < -0.39 is 0 Å². The van der Waals surface area contributed by atoms with Gasteiger partial charge in [0.2, 0.25) is 0 Å². The highest BCUT2D eigenvalue weighted by atomic mass is 79.9. The van der Waals surface area contributed by atoms with Crippen LogP contribution >= 0.6 is 15.9 Å². The van der Waals surface area contributed by atoms with Crippen molar-refractivity contribution in [3.63, 3.8) is 0 Å². The van der Waals surface area contributed by atoms with Gasteiger partial charge in [0.05, 0.1) is 5.69 Å². The lowest BCUT2D eigenvalue weighted by atomic mass is 10.0. The van der Waals surface area contributed by atoms with Crippen LogP contribution in [0.5, 0.6) is 0 Å². The molecule has 2 heterocycles. The number of pyridine rings is 1. The van der Waals surface area contributed by atoms with Crippen LogP contribution in [0.1, 0.15) is 25.0 Å². The molecule has 0 aromatic carbocycles. The molecule has 2 rings (SSSR count). The molecule has 17 heavy (non-hydrogen) atoms. The Morgan fingerprint density at radius 1 is 1.47 bits per heavy atom. The number of halogens is 1. The largest absolute Gasteiger partial charge is 0.318 e. The van der Waals surface area contributed by atoms with Crippen LogP contribution in [0.25, 0.3) is 0 Å². The van der Waals surface area contributed by atoms with Crippen LogP contribution < -0.4 is 5.32 Å². The van der Waals surface area contributed by atoms with E-state index in [9.17, 15) is 0 Å². The fourth-order valence-electron chi connectivity index (χ4n) is 2.44. The molecule has 1 atom stereocenters. The van der Waals surface area contributed by atoms with Crippen LogP contribution in [-0.4, -0.2) is 36.1 Å². The number of rotatable bonds is 4. The second kappa shape index (κ2) is 6.47. The van der Waals surface area contributed by atoms with Gasteiger partial charge in [-0.15, -0.1) is 0 Å². The smallest absolute Gasteiger partial charge is 0.0544 e. The van der Waals surface area contributed by atoms with E-state index in [1.807, 2.05) is 13.2 Å². The van der Waals surface area contributed by atoms with Gasteiger partial charge >= 0.3 is 0 Å². The van der Waals surface area contributed by atoms with Crippen molar-refractivity contribution in [3.05, 3.63) is 28.5 Å². The molecule has 3 nitrogen and oxygen atoms in total. The lowest BCUT2D eigenvalue weighted by molar-refractivity contribution is 0.137. The Kier molecular flexibility index (Phi) is 4.95. The number of hydrogen-bond donors (Lipinski definition) is 1. The van der Waals surface area contributed by atoms with Crippen LogP contribution in [-0.2, 0) is 6.54 Å². The Morgan fingerprint density at radius 2 is 2.35 bits per heavy atom. The van der Waals surface area contributed by atoms with E-state index in [0.29, 0.717) is 6.04 Å². The number of aromatic nitrogens is 1. The van der Waals surface area contributed by atoms with Gasteiger partial charge in [-0.2, -0.15) is 0 Å². The molecule has 1 aliphatic heterocycles. The molecule has 0 spiro atoms. The van der Waals surface area contributed by atoms with Crippen molar-refractivity contribution in [2.75, 3.05) is 20.1 Å². The van der Waals surface area contributed by atoms with Crippen LogP contribution in [0, 0.1) is 0 Å². The van der Waals surface area contributed by atoms with Crippen molar-refractivity contribution in [2.45, 2.75) is 31.8 Å². The van der Waals surface area contributed by atoms with Crippen molar-refractivity contribution in [3.8, 4) is 0 Å². The molecule has 1 aromatic heterocycles. The minimum absolute atomic E-state index is 0.666. The first-order valence-electron chi connectivity index (χ1n) is 6.28. The van der Waals surface area contributed by atoms with Crippen LogP contribution in [0.4, 0.5) is 0 Å². The van der Waals surface area contributed by atoms with Gasteiger partial charge in [0.25, 0.3) is 0 Å². The number of likely N-dealkylation sites (N-methyl/N-ethyl adjacent to an activating group) is 1. The molecule has 0 radical (unpaired) electrons. The fourth-order valence-corrected chi connectivity index (χ4v) is 2.68. The molecule has 0 saturated carbocycles. The Labute approximate surface area is 112 Å². The normalized spacial score (nSPS) is 21.6. The molecule has 1 aliphatic rings. The first-order valence-corrected chi connectivity index (χ1v) is 7.08. The monoisotopic (exact) mass is 297 g/mol. The van der Waals surface area contributed by atoms with Crippen molar-refractivity contribution in [2.24, 2.45) is 0 Å². The summed E-state index contributed by atoms with van der Waals surface area (Å²) >= 11 is 3.42. The molecule has 1 fully saturated rings. The zero-order valence-electron chi connectivity index (χ0n) is 10.3. The summed E-state index contributed by atoms with van der Waals surface area (Å²) in [6.07, 6.45) is 5.86. The van der Waals surface area contributed by atoms with E-state index in [1.54, 1.807) is 0 Å². The topological polar surface area (TPSA) is 28.2 Å². The summed E-state index contributed by atoms with van der Waals surface area (Å²) in [5.41, 5.74) is 1.16. The summed E-state index contributed by atoms with van der Waals surface area (Å²) in [5, 5.41) is 3.29. The third-order valence-electron chi connectivity index (χ3n) is 3.34. The molecule has 4 heteroatoms. The third kappa shape index (κ3) is 3.76. The Morgan fingerprint density at radius 3 is 3.06 bits per heavy atom. The van der Waals surface area contributed by atoms with E-state index in [-0.39, 0.29) is 0 Å². The van der Waals surface area contributed by atoms with Gasteiger partial charge < -0.3 is 5.32 Å². The Bertz CT molecular complexity index is 337. The summed E-state index contributed by atoms with van der Waals surface area (Å²) in [6, 6.07) is 4.84. The van der Waals surface area contributed by atoms with E-state index in [0.717, 1.165) is 23.3 Å². The van der Waals surface area contributed by atoms with Crippen LogP contribution in [0.15, 0.2) is 22.8 Å². The summed E-state index contributed by atoms with van der Waals surface area (Å²) in [7, 11) is 2.03. The number of nitrogens with one attached hydrogen (secondary N) is 1. The Balaban J connectivity index is 1.97. The maximum Gasteiger partial charge on any atom is 0.0544 e. The van der Waals surface area contributed by atoms with Crippen LogP contribution in [0.2, 0.25) is 0 Å². The van der Waals surface area contributed by atoms with E-state index in [4.69, 9.17) is 0 Å². The van der Waals surface area contributed by atoms with Gasteiger partial charge in [-0.1, -0.05) is 6.42 Å². The van der Waals surface area contributed by atoms with Crippen molar-refractivity contribution < 1.29 is 0 Å². The summed E-state index contributed by atoms with van der Waals surface area (Å²) in [4.78, 5) is 7.01. The second-order valence-corrected chi connectivity index (χ2v) is 5.56. The first kappa shape index (κ1) is 13.0. The van der Waals surface area contributed by atoms with Gasteiger partial charge in [-0.3, -0.25) is 9.88 Å². The summed E-state index contributed by atoms with van der Waals surface area (Å²) in [6.45, 7) is 3.25. The van der Waals surface area contributed by atoms with Gasteiger partial charge in [0.15, 0.2) is 0 Å². The first-order chi connectivity index (χ1) is 8.29. The predicted molar refractivity (Wildman–Crippen MR) is 73.9 cm³/mol. The number of hydrogen-bond acceptors (Lipinski definition) is 3. The van der Waals surface area contributed by atoms with Gasteiger partial charge in [0, 0.05) is 29.8 Å². The van der Waals surface area contributed by atoms with Crippen molar-refractivity contribution in [1.29, 1.82) is 0 Å². The zero-order valence-corrected chi connectivity index (χ0v) is 11.9. The zero-order chi connectivity index (χ0) is 12.1. The van der Waals surface area contributed by atoms with Crippen LogP contribution in [0.3, 0.4) is 0 Å². The summed E-state index contributed by atoms with van der Waals surface area (Å²) in [5.74, 6) is 0. The third-order valence-corrected chi connectivity index (χ3v) is 3.81. The molecule has 0 aliphatic carbocycles. The minimum atomic E-state index is 0.666. The average molecular weight is 298 g/mol. The van der Waals surface area contributed by atoms with E-state index in [1.165, 1.54) is 25.8 Å². The molecule has 0 bridgehead atoms.